The Morgan fingerprint density at radius 3 is 2.70 bits per heavy atom. The van der Waals surface area contributed by atoms with Crippen LogP contribution in [0.1, 0.15) is 20.8 Å². The van der Waals surface area contributed by atoms with E-state index in [0.29, 0.717) is 9.86 Å². The Morgan fingerprint density at radius 2 is 2.05 bits per heavy atom. The maximum atomic E-state index is 13.8. The average molecular weight is 342 g/mol. The van der Waals surface area contributed by atoms with Crippen LogP contribution >= 0.6 is 15.9 Å². The molecule has 2 aromatic rings. The molecule has 2 rings (SSSR count). The molecule has 1 amide bonds. The third-order valence-electron chi connectivity index (χ3n) is 2.28. The van der Waals surface area contributed by atoms with Crippen molar-refractivity contribution in [1.29, 1.82) is 0 Å². The predicted molar refractivity (Wildman–Crippen MR) is 77.1 cm³/mol. The van der Waals surface area contributed by atoms with Crippen LogP contribution in [0.25, 0.3) is 10.9 Å². The second kappa shape index (κ2) is 5.32. The first kappa shape index (κ1) is 14.6. The van der Waals surface area contributed by atoms with Crippen molar-refractivity contribution >= 4 is 38.7 Å². The summed E-state index contributed by atoms with van der Waals surface area (Å²) in [4.78, 5) is 19.6. The van der Waals surface area contributed by atoms with Crippen LogP contribution < -0.4 is 5.32 Å². The Labute approximate surface area is 123 Å². The Morgan fingerprint density at radius 1 is 1.35 bits per heavy atom. The van der Waals surface area contributed by atoms with Crippen LogP contribution in [-0.2, 0) is 4.74 Å². The molecule has 1 heterocycles. The molecule has 0 atom stereocenters. The number of carbonyl (C=O) groups excluding carboxylic acids is 1. The highest BCUT2D eigenvalue weighted by Gasteiger charge is 2.18. The molecule has 1 N–H and O–H groups in total. The van der Waals surface area contributed by atoms with Gasteiger partial charge in [-0.25, -0.2) is 19.2 Å². The van der Waals surface area contributed by atoms with Gasteiger partial charge in [0.2, 0.25) is 0 Å². The number of fused-ring (bicyclic) bond motifs is 1. The second-order valence-electron chi connectivity index (χ2n) is 5.13. The largest absolute Gasteiger partial charge is 0.444 e. The van der Waals surface area contributed by atoms with Crippen molar-refractivity contribution in [2.24, 2.45) is 0 Å². The van der Waals surface area contributed by atoms with E-state index in [2.05, 4.69) is 31.2 Å². The van der Waals surface area contributed by atoms with Crippen molar-refractivity contribution < 1.29 is 13.9 Å². The highest BCUT2D eigenvalue weighted by molar-refractivity contribution is 9.10. The Kier molecular flexibility index (Phi) is 3.89. The van der Waals surface area contributed by atoms with Gasteiger partial charge in [-0.2, -0.15) is 0 Å². The molecule has 0 aliphatic carbocycles. The fourth-order valence-corrected chi connectivity index (χ4v) is 2.02. The normalized spacial score (nSPS) is 11.4. The van der Waals surface area contributed by atoms with Gasteiger partial charge in [0.05, 0.1) is 0 Å². The van der Waals surface area contributed by atoms with Crippen LogP contribution in [0.5, 0.6) is 0 Å². The summed E-state index contributed by atoms with van der Waals surface area (Å²) in [5.41, 5.74) is -0.493. The zero-order valence-corrected chi connectivity index (χ0v) is 12.8. The average Bonchev–Trinajstić information content (AvgIpc) is 2.27. The zero-order chi connectivity index (χ0) is 14.9. The maximum absolute atomic E-state index is 13.8. The number of ether oxygens (including phenoxy) is 1. The Balaban J connectivity index is 2.38. The molecule has 0 bridgehead atoms. The van der Waals surface area contributed by atoms with Crippen molar-refractivity contribution in [2.45, 2.75) is 26.4 Å². The summed E-state index contributed by atoms with van der Waals surface area (Å²) in [6.07, 6.45) is 0.532. The maximum Gasteiger partial charge on any atom is 0.413 e. The molecule has 0 spiro atoms. The smallest absolute Gasteiger partial charge is 0.413 e. The van der Waals surface area contributed by atoms with Crippen molar-refractivity contribution in [1.82, 2.24) is 9.97 Å². The first-order valence-electron chi connectivity index (χ1n) is 5.86. The van der Waals surface area contributed by atoms with E-state index in [1.54, 1.807) is 26.8 Å². The quantitative estimate of drug-likeness (QED) is 0.854. The second-order valence-corrected chi connectivity index (χ2v) is 6.05. The summed E-state index contributed by atoms with van der Waals surface area (Å²) in [6.45, 7) is 5.25. The van der Waals surface area contributed by atoms with Crippen LogP contribution in [0.4, 0.5) is 15.0 Å². The Bertz CT molecular complexity index is 670. The molecule has 106 valence electrons. The lowest BCUT2D eigenvalue weighted by atomic mass is 10.2. The number of nitrogens with zero attached hydrogens (tertiary/aromatic N) is 2. The van der Waals surface area contributed by atoms with Crippen molar-refractivity contribution in [2.75, 3.05) is 5.32 Å². The molecule has 0 fully saturated rings. The van der Waals surface area contributed by atoms with Gasteiger partial charge >= 0.3 is 6.09 Å². The lowest BCUT2D eigenvalue weighted by Crippen LogP contribution is -2.27. The number of anilines is 1. The first-order valence-corrected chi connectivity index (χ1v) is 6.65. The minimum atomic E-state index is -0.655. The number of hydrogen-bond acceptors (Lipinski definition) is 4. The molecule has 0 aliphatic rings. The number of halogens is 2. The van der Waals surface area contributed by atoms with E-state index in [-0.39, 0.29) is 11.3 Å². The summed E-state index contributed by atoms with van der Waals surface area (Å²) < 4.78 is 19.4. The molecule has 5 nitrogen and oxygen atoms in total. The van der Waals surface area contributed by atoms with Crippen LogP contribution in [0.3, 0.4) is 0 Å². The van der Waals surface area contributed by atoms with E-state index in [1.165, 1.54) is 12.4 Å². The SMILES string of the molecule is CC(C)(C)OC(=O)Nc1ncnc2c(F)cc(Br)cc12. The molecule has 0 saturated heterocycles. The third-order valence-corrected chi connectivity index (χ3v) is 2.73. The number of amides is 1. The van der Waals surface area contributed by atoms with E-state index in [9.17, 15) is 9.18 Å². The van der Waals surface area contributed by atoms with E-state index in [4.69, 9.17) is 4.74 Å². The molecule has 0 radical (unpaired) electrons. The molecule has 1 aromatic heterocycles. The third kappa shape index (κ3) is 3.41. The summed E-state index contributed by atoms with van der Waals surface area (Å²) >= 11 is 3.19. The van der Waals surface area contributed by atoms with Gasteiger partial charge in [0.25, 0.3) is 0 Å². The van der Waals surface area contributed by atoms with Gasteiger partial charge in [-0.3, -0.25) is 5.32 Å². The number of hydrogen-bond donors (Lipinski definition) is 1. The van der Waals surface area contributed by atoms with Crippen LogP contribution in [-0.4, -0.2) is 21.7 Å². The summed E-state index contributed by atoms with van der Waals surface area (Å²) in [5.74, 6) is -0.298. The molecule has 20 heavy (non-hydrogen) atoms. The van der Waals surface area contributed by atoms with Gasteiger partial charge in [-0.15, -0.1) is 0 Å². The van der Waals surface area contributed by atoms with Gasteiger partial charge in [-0.05, 0) is 32.9 Å². The van der Waals surface area contributed by atoms with E-state index in [0.717, 1.165) is 0 Å². The molecule has 7 heteroatoms. The van der Waals surface area contributed by atoms with Gasteiger partial charge in [0.15, 0.2) is 5.82 Å². The molecular weight excluding hydrogens is 329 g/mol. The molecule has 0 saturated carbocycles. The topological polar surface area (TPSA) is 64.1 Å². The van der Waals surface area contributed by atoms with Gasteiger partial charge in [0, 0.05) is 9.86 Å². The summed E-state index contributed by atoms with van der Waals surface area (Å²) in [6, 6.07) is 2.93. The molecule has 0 unspecified atom stereocenters. The standard InChI is InChI=1S/C13H13BrFN3O2/c1-13(2,3)20-12(19)18-11-8-4-7(14)5-9(15)10(8)16-6-17-11/h4-6H,1-3H3,(H,16,17,18,19). The zero-order valence-electron chi connectivity index (χ0n) is 11.2. The summed E-state index contributed by atoms with van der Waals surface area (Å²) in [7, 11) is 0. The number of nitrogens with one attached hydrogen (secondary N) is 1. The van der Waals surface area contributed by atoms with E-state index >= 15 is 0 Å². The lowest BCUT2D eigenvalue weighted by molar-refractivity contribution is 0.0635. The van der Waals surface area contributed by atoms with Crippen molar-refractivity contribution in [3.05, 3.63) is 28.7 Å². The molecule has 0 aliphatic heterocycles. The minimum Gasteiger partial charge on any atom is -0.444 e. The number of rotatable bonds is 1. The van der Waals surface area contributed by atoms with E-state index in [1.807, 2.05) is 0 Å². The van der Waals surface area contributed by atoms with Crippen LogP contribution in [0.15, 0.2) is 22.9 Å². The monoisotopic (exact) mass is 341 g/mol. The number of benzene rings is 1. The fraction of sp³-hybridized carbons (Fsp3) is 0.308. The van der Waals surface area contributed by atoms with Crippen molar-refractivity contribution in [3.8, 4) is 0 Å². The summed E-state index contributed by atoms with van der Waals surface area (Å²) in [5, 5.41) is 2.89. The van der Waals surface area contributed by atoms with Crippen molar-refractivity contribution in [3.63, 3.8) is 0 Å². The van der Waals surface area contributed by atoms with Crippen LogP contribution in [0.2, 0.25) is 0 Å². The highest BCUT2D eigenvalue weighted by atomic mass is 79.9. The minimum absolute atomic E-state index is 0.134. The predicted octanol–water partition coefficient (Wildman–Crippen LogP) is 3.88. The number of aromatic nitrogens is 2. The van der Waals surface area contributed by atoms with E-state index < -0.39 is 17.5 Å². The lowest BCUT2D eigenvalue weighted by Gasteiger charge is -2.19. The highest BCUT2D eigenvalue weighted by Crippen LogP contribution is 2.26. The van der Waals surface area contributed by atoms with Gasteiger partial charge in [-0.1, -0.05) is 15.9 Å². The molecular formula is C13H13BrFN3O2. The molecule has 1 aromatic carbocycles. The van der Waals surface area contributed by atoms with Crippen LogP contribution in [0, 0.1) is 5.82 Å². The van der Waals surface area contributed by atoms with Gasteiger partial charge in [0.1, 0.15) is 23.3 Å². The first-order chi connectivity index (χ1) is 9.26. The fourth-order valence-electron chi connectivity index (χ4n) is 1.59. The van der Waals surface area contributed by atoms with Gasteiger partial charge < -0.3 is 4.74 Å². The number of carbonyl (C=O) groups is 1. The Hall–Kier alpha value is -1.76.